The molecule has 2 N–H and O–H groups in total. The first-order valence-electron chi connectivity index (χ1n) is 3.36. The predicted molar refractivity (Wildman–Crippen MR) is 45.6 cm³/mol. The lowest BCUT2D eigenvalue weighted by Crippen LogP contribution is -1.90. The van der Waals surface area contributed by atoms with Gasteiger partial charge in [0.15, 0.2) is 11.5 Å². The maximum atomic E-state index is 9.22. The average Bonchev–Trinajstić information content (AvgIpc) is 2.06. The Labute approximate surface area is 75.2 Å². The van der Waals surface area contributed by atoms with Crippen LogP contribution in [0, 0.1) is 0 Å². The Morgan fingerprint density at radius 1 is 1.50 bits per heavy atom. The number of rotatable bonds is 2. The van der Waals surface area contributed by atoms with Crippen LogP contribution < -0.4 is 4.74 Å². The van der Waals surface area contributed by atoms with Gasteiger partial charge in [-0.3, -0.25) is 0 Å². The molecule has 12 heavy (non-hydrogen) atoms. The van der Waals surface area contributed by atoms with E-state index in [4.69, 9.17) is 21.4 Å². The zero-order valence-corrected chi connectivity index (χ0v) is 7.30. The van der Waals surface area contributed by atoms with E-state index in [0.717, 1.165) is 0 Å². The van der Waals surface area contributed by atoms with Crippen molar-refractivity contribution < 1.29 is 14.9 Å². The Bertz CT molecular complexity index is 286. The van der Waals surface area contributed by atoms with Crippen molar-refractivity contribution in [3.8, 4) is 11.5 Å². The number of aromatic hydroxyl groups is 1. The first-order valence-corrected chi connectivity index (χ1v) is 3.73. The molecule has 0 aliphatic rings. The van der Waals surface area contributed by atoms with Gasteiger partial charge in [0.25, 0.3) is 0 Å². The third-order valence-electron chi connectivity index (χ3n) is 1.53. The van der Waals surface area contributed by atoms with Gasteiger partial charge in [-0.25, -0.2) is 0 Å². The molecule has 0 saturated heterocycles. The molecular formula is C8H9ClO3. The second-order valence-corrected chi connectivity index (χ2v) is 2.63. The lowest BCUT2D eigenvalue weighted by molar-refractivity contribution is 0.280. The molecule has 66 valence electrons. The van der Waals surface area contributed by atoms with E-state index < -0.39 is 0 Å². The molecule has 0 aliphatic carbocycles. The van der Waals surface area contributed by atoms with Crippen molar-refractivity contribution >= 4 is 11.6 Å². The standard InChI is InChI=1S/C8H9ClO3/c1-12-8-6(11)3-2-5(4-10)7(8)9/h2-3,10-11H,4H2,1H3. The van der Waals surface area contributed by atoms with Crippen molar-refractivity contribution in [3.05, 3.63) is 22.7 Å². The van der Waals surface area contributed by atoms with Crippen LogP contribution in [0.25, 0.3) is 0 Å². The molecule has 0 bridgehead atoms. The number of aliphatic hydroxyl groups is 1. The molecule has 1 rings (SSSR count). The summed E-state index contributed by atoms with van der Waals surface area (Å²) in [6.45, 7) is -0.171. The molecule has 0 saturated carbocycles. The molecule has 0 amide bonds. The van der Waals surface area contributed by atoms with Crippen molar-refractivity contribution in [1.29, 1.82) is 0 Å². The molecule has 0 unspecified atom stereocenters. The van der Waals surface area contributed by atoms with E-state index in [-0.39, 0.29) is 23.1 Å². The van der Waals surface area contributed by atoms with Crippen LogP contribution in [-0.2, 0) is 6.61 Å². The van der Waals surface area contributed by atoms with Crippen molar-refractivity contribution in [2.45, 2.75) is 6.61 Å². The lowest BCUT2D eigenvalue weighted by Gasteiger charge is -2.07. The number of ether oxygens (including phenoxy) is 1. The molecule has 1 aromatic carbocycles. The minimum absolute atomic E-state index is 0.0281. The first kappa shape index (κ1) is 9.16. The Balaban J connectivity index is 3.24. The van der Waals surface area contributed by atoms with E-state index in [0.29, 0.717) is 5.56 Å². The third kappa shape index (κ3) is 1.47. The van der Waals surface area contributed by atoms with E-state index >= 15 is 0 Å². The highest BCUT2D eigenvalue weighted by molar-refractivity contribution is 6.33. The van der Waals surface area contributed by atoms with E-state index in [2.05, 4.69) is 0 Å². The van der Waals surface area contributed by atoms with Crippen LogP contribution in [-0.4, -0.2) is 17.3 Å². The Kier molecular flexibility index (Phi) is 2.78. The molecule has 0 fully saturated rings. The van der Waals surface area contributed by atoms with Gasteiger partial charge in [-0.05, 0) is 6.07 Å². The van der Waals surface area contributed by atoms with Crippen molar-refractivity contribution in [1.82, 2.24) is 0 Å². The van der Waals surface area contributed by atoms with Crippen LogP contribution in [0.2, 0.25) is 5.02 Å². The fourth-order valence-electron chi connectivity index (χ4n) is 0.903. The highest BCUT2D eigenvalue weighted by Crippen LogP contribution is 2.36. The van der Waals surface area contributed by atoms with E-state index in [9.17, 15) is 5.11 Å². The molecule has 1 aromatic rings. The maximum absolute atomic E-state index is 9.22. The van der Waals surface area contributed by atoms with Gasteiger partial charge in [0.2, 0.25) is 0 Å². The molecular weight excluding hydrogens is 180 g/mol. The van der Waals surface area contributed by atoms with E-state index in [1.807, 2.05) is 0 Å². The normalized spacial score (nSPS) is 9.92. The number of hydrogen-bond donors (Lipinski definition) is 2. The van der Waals surface area contributed by atoms with Gasteiger partial charge in [-0.15, -0.1) is 0 Å². The summed E-state index contributed by atoms with van der Waals surface area (Å²) in [7, 11) is 1.40. The SMILES string of the molecule is COc1c(O)ccc(CO)c1Cl. The number of methoxy groups -OCH3 is 1. The summed E-state index contributed by atoms with van der Waals surface area (Å²) in [6, 6.07) is 2.97. The summed E-state index contributed by atoms with van der Waals surface area (Å²) in [5, 5.41) is 18.3. The fraction of sp³-hybridized carbons (Fsp3) is 0.250. The largest absolute Gasteiger partial charge is 0.504 e. The highest BCUT2D eigenvalue weighted by Gasteiger charge is 2.10. The molecule has 3 nitrogen and oxygen atoms in total. The average molecular weight is 189 g/mol. The van der Waals surface area contributed by atoms with Crippen LogP contribution in [0.15, 0.2) is 12.1 Å². The number of hydrogen-bond acceptors (Lipinski definition) is 3. The quantitative estimate of drug-likeness (QED) is 0.741. The number of aliphatic hydroxyl groups excluding tert-OH is 1. The summed E-state index contributed by atoms with van der Waals surface area (Å²) >= 11 is 5.77. The topological polar surface area (TPSA) is 49.7 Å². The molecule has 0 aromatic heterocycles. The van der Waals surface area contributed by atoms with Gasteiger partial charge >= 0.3 is 0 Å². The molecule has 0 spiro atoms. The summed E-state index contributed by atoms with van der Waals surface area (Å²) < 4.78 is 4.83. The Morgan fingerprint density at radius 3 is 2.67 bits per heavy atom. The second-order valence-electron chi connectivity index (χ2n) is 2.25. The molecule has 0 radical (unpaired) electrons. The summed E-state index contributed by atoms with van der Waals surface area (Å²) in [4.78, 5) is 0. The van der Waals surface area contributed by atoms with Crippen LogP contribution in [0.5, 0.6) is 11.5 Å². The zero-order valence-electron chi connectivity index (χ0n) is 6.54. The van der Waals surface area contributed by atoms with Gasteiger partial charge in [0, 0.05) is 5.56 Å². The number of phenols is 1. The van der Waals surface area contributed by atoms with Gasteiger partial charge in [-0.2, -0.15) is 0 Å². The minimum Gasteiger partial charge on any atom is -0.504 e. The fourth-order valence-corrected chi connectivity index (χ4v) is 1.20. The number of benzene rings is 1. The van der Waals surface area contributed by atoms with Crippen molar-refractivity contribution in [2.75, 3.05) is 7.11 Å². The number of halogens is 1. The summed E-state index contributed by atoms with van der Waals surface area (Å²) in [6.07, 6.45) is 0. The highest BCUT2D eigenvalue weighted by atomic mass is 35.5. The lowest BCUT2D eigenvalue weighted by atomic mass is 10.2. The molecule has 0 atom stereocenters. The minimum atomic E-state index is -0.171. The van der Waals surface area contributed by atoms with Gasteiger partial charge in [-0.1, -0.05) is 17.7 Å². The van der Waals surface area contributed by atoms with Crippen LogP contribution in [0.1, 0.15) is 5.56 Å². The Hall–Kier alpha value is -0.930. The molecule has 0 aliphatic heterocycles. The van der Waals surface area contributed by atoms with Crippen molar-refractivity contribution in [2.24, 2.45) is 0 Å². The molecule has 4 heteroatoms. The van der Waals surface area contributed by atoms with Gasteiger partial charge in [0.05, 0.1) is 18.7 Å². The van der Waals surface area contributed by atoms with Gasteiger partial charge < -0.3 is 14.9 Å². The Morgan fingerprint density at radius 2 is 2.17 bits per heavy atom. The van der Waals surface area contributed by atoms with Gasteiger partial charge in [0.1, 0.15) is 0 Å². The predicted octanol–water partition coefficient (Wildman–Crippen LogP) is 1.55. The number of phenolic OH excluding ortho intramolecular Hbond substituents is 1. The van der Waals surface area contributed by atoms with Crippen LogP contribution in [0.4, 0.5) is 0 Å². The van der Waals surface area contributed by atoms with Crippen LogP contribution in [0.3, 0.4) is 0 Å². The van der Waals surface area contributed by atoms with E-state index in [1.165, 1.54) is 13.2 Å². The maximum Gasteiger partial charge on any atom is 0.179 e. The smallest absolute Gasteiger partial charge is 0.179 e. The zero-order chi connectivity index (χ0) is 9.14. The third-order valence-corrected chi connectivity index (χ3v) is 1.95. The summed E-state index contributed by atoms with van der Waals surface area (Å²) in [5.41, 5.74) is 0.534. The van der Waals surface area contributed by atoms with Crippen molar-refractivity contribution in [3.63, 3.8) is 0 Å². The van der Waals surface area contributed by atoms with Crippen LogP contribution >= 0.6 is 11.6 Å². The monoisotopic (exact) mass is 188 g/mol. The summed E-state index contributed by atoms with van der Waals surface area (Å²) in [5.74, 6) is 0.169. The molecule has 0 heterocycles. The second kappa shape index (κ2) is 3.65. The van der Waals surface area contributed by atoms with E-state index in [1.54, 1.807) is 6.07 Å². The first-order chi connectivity index (χ1) is 5.70.